The second kappa shape index (κ2) is 4.48. The van der Waals surface area contributed by atoms with Gasteiger partial charge in [-0.2, -0.15) is 0 Å². The van der Waals surface area contributed by atoms with Crippen molar-refractivity contribution in [2.75, 3.05) is 5.73 Å². The number of hydrogen-bond acceptors (Lipinski definition) is 5. The van der Waals surface area contributed by atoms with Crippen LogP contribution in [0.15, 0.2) is 41.2 Å². The summed E-state index contributed by atoms with van der Waals surface area (Å²) in [5, 5.41) is 3.50. The molecule has 5 nitrogen and oxygen atoms in total. The SMILES string of the molecule is Nc1ccccc1C(=O)OCc1cnoc1. The molecule has 1 aromatic carbocycles. The van der Waals surface area contributed by atoms with Crippen LogP contribution in [0.3, 0.4) is 0 Å². The highest BCUT2D eigenvalue weighted by Crippen LogP contribution is 2.12. The second-order valence-corrected chi connectivity index (χ2v) is 3.20. The number of benzene rings is 1. The Bertz CT molecular complexity index is 480. The predicted molar refractivity (Wildman–Crippen MR) is 56.5 cm³/mol. The average molecular weight is 218 g/mol. The Balaban J connectivity index is 2.01. The molecule has 0 atom stereocenters. The molecule has 0 fully saturated rings. The topological polar surface area (TPSA) is 78.4 Å². The van der Waals surface area contributed by atoms with Gasteiger partial charge in [-0.05, 0) is 12.1 Å². The van der Waals surface area contributed by atoms with Gasteiger partial charge in [0, 0.05) is 11.3 Å². The summed E-state index contributed by atoms with van der Waals surface area (Å²) in [7, 11) is 0. The first-order chi connectivity index (χ1) is 7.77. The van der Waals surface area contributed by atoms with Crippen LogP contribution >= 0.6 is 0 Å². The number of aromatic nitrogens is 1. The van der Waals surface area contributed by atoms with Crippen molar-refractivity contribution in [2.45, 2.75) is 6.61 Å². The van der Waals surface area contributed by atoms with Crippen LogP contribution in [0.5, 0.6) is 0 Å². The standard InChI is InChI=1S/C11H10N2O3/c12-10-4-2-1-3-9(10)11(14)15-6-8-5-13-16-7-8/h1-5,7H,6,12H2. The molecule has 0 aliphatic rings. The van der Waals surface area contributed by atoms with E-state index in [4.69, 9.17) is 10.5 Å². The van der Waals surface area contributed by atoms with Crippen LogP contribution in [0.1, 0.15) is 15.9 Å². The third-order valence-electron chi connectivity index (χ3n) is 2.03. The van der Waals surface area contributed by atoms with Gasteiger partial charge < -0.3 is 15.0 Å². The van der Waals surface area contributed by atoms with E-state index in [9.17, 15) is 4.79 Å². The Labute approximate surface area is 91.8 Å². The third-order valence-corrected chi connectivity index (χ3v) is 2.03. The van der Waals surface area contributed by atoms with Gasteiger partial charge in [-0.3, -0.25) is 0 Å². The van der Waals surface area contributed by atoms with Crippen molar-refractivity contribution >= 4 is 11.7 Å². The lowest BCUT2D eigenvalue weighted by Crippen LogP contribution is -2.07. The number of para-hydroxylation sites is 1. The molecule has 0 amide bonds. The van der Waals surface area contributed by atoms with Gasteiger partial charge in [0.05, 0.1) is 11.8 Å². The van der Waals surface area contributed by atoms with Gasteiger partial charge in [0.2, 0.25) is 0 Å². The fourth-order valence-corrected chi connectivity index (χ4v) is 1.21. The second-order valence-electron chi connectivity index (χ2n) is 3.20. The van der Waals surface area contributed by atoms with Gasteiger partial charge in [-0.25, -0.2) is 4.79 Å². The lowest BCUT2D eigenvalue weighted by molar-refractivity contribution is 0.0473. The largest absolute Gasteiger partial charge is 0.457 e. The molecular formula is C11H10N2O3. The van der Waals surface area contributed by atoms with Crippen molar-refractivity contribution in [3.8, 4) is 0 Å². The Morgan fingerprint density at radius 2 is 2.25 bits per heavy atom. The minimum Gasteiger partial charge on any atom is -0.457 e. The van der Waals surface area contributed by atoms with Gasteiger partial charge in [-0.15, -0.1) is 0 Å². The number of carbonyl (C=O) groups is 1. The molecule has 1 aromatic heterocycles. The lowest BCUT2D eigenvalue weighted by Gasteiger charge is -2.04. The normalized spacial score (nSPS) is 10.0. The van der Waals surface area contributed by atoms with Gasteiger partial charge in [0.15, 0.2) is 0 Å². The maximum absolute atomic E-state index is 11.6. The van der Waals surface area contributed by atoms with Crippen molar-refractivity contribution in [1.29, 1.82) is 0 Å². The van der Waals surface area contributed by atoms with E-state index in [1.807, 2.05) is 0 Å². The number of hydrogen-bond donors (Lipinski definition) is 1. The van der Waals surface area contributed by atoms with Crippen molar-refractivity contribution in [1.82, 2.24) is 5.16 Å². The van der Waals surface area contributed by atoms with Crippen LogP contribution in [0, 0.1) is 0 Å². The summed E-state index contributed by atoms with van der Waals surface area (Å²) in [6, 6.07) is 6.75. The molecule has 2 rings (SSSR count). The van der Waals surface area contributed by atoms with Gasteiger partial charge in [-0.1, -0.05) is 17.3 Å². The number of ether oxygens (including phenoxy) is 1. The number of nitrogens with two attached hydrogens (primary N) is 1. The van der Waals surface area contributed by atoms with E-state index < -0.39 is 5.97 Å². The zero-order chi connectivity index (χ0) is 11.4. The molecule has 1 heterocycles. The Hall–Kier alpha value is -2.30. The predicted octanol–water partition coefficient (Wildman–Crippen LogP) is 1.61. The van der Waals surface area contributed by atoms with Crippen molar-refractivity contribution in [3.63, 3.8) is 0 Å². The summed E-state index contributed by atoms with van der Waals surface area (Å²) >= 11 is 0. The summed E-state index contributed by atoms with van der Waals surface area (Å²) in [5.74, 6) is -0.459. The Morgan fingerprint density at radius 3 is 2.94 bits per heavy atom. The number of carbonyl (C=O) groups excluding carboxylic acids is 1. The molecule has 0 aliphatic heterocycles. The number of esters is 1. The molecule has 0 spiro atoms. The molecule has 82 valence electrons. The molecular weight excluding hydrogens is 208 g/mol. The highest BCUT2D eigenvalue weighted by Gasteiger charge is 2.10. The van der Waals surface area contributed by atoms with E-state index in [2.05, 4.69) is 9.68 Å². The van der Waals surface area contributed by atoms with Crippen molar-refractivity contribution < 1.29 is 14.1 Å². The van der Waals surface area contributed by atoms with E-state index in [0.717, 1.165) is 0 Å². The molecule has 0 saturated carbocycles. The quantitative estimate of drug-likeness (QED) is 0.625. The molecule has 5 heteroatoms. The molecule has 0 bridgehead atoms. The monoisotopic (exact) mass is 218 g/mol. The first kappa shape index (κ1) is 10.2. The molecule has 2 aromatic rings. The smallest absolute Gasteiger partial charge is 0.340 e. The lowest BCUT2D eigenvalue weighted by atomic mass is 10.2. The minimum atomic E-state index is -0.459. The fourth-order valence-electron chi connectivity index (χ4n) is 1.21. The zero-order valence-corrected chi connectivity index (χ0v) is 8.42. The summed E-state index contributed by atoms with van der Waals surface area (Å²) in [6.07, 6.45) is 2.91. The van der Waals surface area contributed by atoms with Crippen LogP contribution < -0.4 is 5.73 Å². The van der Waals surface area contributed by atoms with Crippen LogP contribution in [0.2, 0.25) is 0 Å². The fraction of sp³-hybridized carbons (Fsp3) is 0.0909. The van der Waals surface area contributed by atoms with Crippen LogP contribution in [0.4, 0.5) is 5.69 Å². The first-order valence-electron chi connectivity index (χ1n) is 4.67. The van der Waals surface area contributed by atoms with E-state index >= 15 is 0 Å². The highest BCUT2D eigenvalue weighted by molar-refractivity contribution is 5.94. The first-order valence-corrected chi connectivity index (χ1v) is 4.67. The Kier molecular flexibility index (Phi) is 2.86. The molecule has 0 saturated heterocycles. The van der Waals surface area contributed by atoms with E-state index in [0.29, 0.717) is 16.8 Å². The average Bonchev–Trinajstić information content (AvgIpc) is 2.79. The van der Waals surface area contributed by atoms with E-state index in [1.54, 1.807) is 24.3 Å². The summed E-state index contributed by atoms with van der Waals surface area (Å²) in [4.78, 5) is 11.6. The van der Waals surface area contributed by atoms with Gasteiger partial charge >= 0.3 is 5.97 Å². The Morgan fingerprint density at radius 1 is 1.44 bits per heavy atom. The molecule has 0 radical (unpaired) electrons. The number of nitrogen functional groups attached to an aromatic ring is 1. The number of anilines is 1. The summed E-state index contributed by atoms with van der Waals surface area (Å²) < 4.78 is 9.64. The van der Waals surface area contributed by atoms with Crippen LogP contribution in [-0.2, 0) is 11.3 Å². The summed E-state index contributed by atoms with van der Waals surface area (Å²) in [6.45, 7) is 0.122. The van der Waals surface area contributed by atoms with Gasteiger partial charge in [0.25, 0.3) is 0 Å². The summed E-state index contributed by atoms with van der Waals surface area (Å²) in [5.41, 5.74) is 7.10. The number of nitrogens with zero attached hydrogens (tertiary/aromatic N) is 1. The maximum atomic E-state index is 11.6. The molecule has 0 aliphatic carbocycles. The van der Waals surface area contributed by atoms with Crippen LogP contribution in [-0.4, -0.2) is 11.1 Å². The van der Waals surface area contributed by atoms with Crippen molar-refractivity contribution in [3.05, 3.63) is 47.9 Å². The van der Waals surface area contributed by atoms with E-state index in [1.165, 1.54) is 12.5 Å². The third kappa shape index (κ3) is 2.20. The van der Waals surface area contributed by atoms with Crippen molar-refractivity contribution in [2.24, 2.45) is 0 Å². The van der Waals surface area contributed by atoms with E-state index in [-0.39, 0.29) is 6.61 Å². The molecule has 2 N–H and O–H groups in total. The molecule has 0 unspecified atom stereocenters. The zero-order valence-electron chi connectivity index (χ0n) is 8.42. The highest BCUT2D eigenvalue weighted by atomic mass is 16.5. The van der Waals surface area contributed by atoms with Gasteiger partial charge in [0.1, 0.15) is 12.9 Å². The molecule has 16 heavy (non-hydrogen) atoms. The minimum absolute atomic E-state index is 0.122. The number of rotatable bonds is 3. The maximum Gasteiger partial charge on any atom is 0.340 e. The van der Waals surface area contributed by atoms with Crippen LogP contribution in [0.25, 0.3) is 0 Å².